The summed E-state index contributed by atoms with van der Waals surface area (Å²) in [7, 11) is 0. The molecule has 1 aliphatic heterocycles. The van der Waals surface area contributed by atoms with Crippen molar-refractivity contribution in [1.29, 1.82) is 0 Å². The van der Waals surface area contributed by atoms with Crippen LogP contribution >= 0.6 is 0 Å². The lowest BCUT2D eigenvalue weighted by atomic mass is 9.84. The van der Waals surface area contributed by atoms with Gasteiger partial charge in [0.05, 0.1) is 6.61 Å². The highest BCUT2D eigenvalue weighted by Crippen LogP contribution is 2.40. The van der Waals surface area contributed by atoms with Crippen LogP contribution in [0.5, 0.6) is 0 Å². The minimum absolute atomic E-state index is 0.0892. The van der Waals surface area contributed by atoms with Gasteiger partial charge in [0.25, 0.3) is 0 Å². The number of aliphatic hydroxyl groups excluding tert-OH is 1. The second-order valence-electron chi connectivity index (χ2n) is 10.5. The van der Waals surface area contributed by atoms with Crippen molar-refractivity contribution in [3.8, 4) is 0 Å². The summed E-state index contributed by atoms with van der Waals surface area (Å²) in [6.45, 7) is -0.367. The zero-order chi connectivity index (χ0) is 29.2. The van der Waals surface area contributed by atoms with Gasteiger partial charge in [-0.1, -0.05) is 43.2 Å². The Hall–Kier alpha value is -3.71. The fourth-order valence-corrected chi connectivity index (χ4v) is 5.63. The van der Waals surface area contributed by atoms with Gasteiger partial charge in [-0.25, -0.2) is 4.79 Å². The number of rotatable bonds is 13. The lowest BCUT2D eigenvalue weighted by Gasteiger charge is -2.36. The number of carbonyl (C=O) groups is 4. The predicted octanol–water partition coefficient (Wildman–Crippen LogP) is -1.18. The van der Waals surface area contributed by atoms with E-state index in [2.05, 4.69) is 15.6 Å². The number of aliphatic imine (C=N–C) groups is 1. The van der Waals surface area contributed by atoms with Crippen molar-refractivity contribution in [2.75, 3.05) is 13.2 Å². The van der Waals surface area contributed by atoms with E-state index in [1.807, 2.05) is 30.3 Å². The van der Waals surface area contributed by atoms with Gasteiger partial charge in [0.1, 0.15) is 24.2 Å². The van der Waals surface area contributed by atoms with Gasteiger partial charge in [-0.2, -0.15) is 0 Å². The number of guanidine groups is 1. The van der Waals surface area contributed by atoms with Crippen LogP contribution in [0.15, 0.2) is 35.3 Å². The van der Waals surface area contributed by atoms with E-state index < -0.39 is 54.5 Å². The molecule has 0 aromatic heterocycles. The van der Waals surface area contributed by atoms with Crippen molar-refractivity contribution < 1.29 is 29.4 Å². The summed E-state index contributed by atoms with van der Waals surface area (Å²) in [6, 6.07) is 4.63. The monoisotopic (exact) mass is 559 g/mol. The summed E-state index contributed by atoms with van der Waals surface area (Å²) in [5, 5.41) is 24.4. The number of hydrogen-bond donors (Lipinski definition) is 7. The van der Waals surface area contributed by atoms with Crippen LogP contribution in [0.4, 0.5) is 0 Å². The molecule has 0 bridgehead atoms. The Morgan fingerprint density at radius 1 is 1.05 bits per heavy atom. The smallest absolute Gasteiger partial charge is 0.326 e. The fourth-order valence-electron chi connectivity index (χ4n) is 5.63. The second-order valence-corrected chi connectivity index (χ2v) is 10.5. The summed E-state index contributed by atoms with van der Waals surface area (Å²) in [5.74, 6) is -2.87. The number of likely N-dealkylation sites (tertiary alicyclic amines) is 1. The topological polar surface area (TPSA) is 226 Å². The summed E-state index contributed by atoms with van der Waals surface area (Å²) in [5.41, 5.74) is 17.2. The molecule has 13 heteroatoms. The molecule has 1 aromatic carbocycles. The molecule has 10 N–H and O–H groups in total. The van der Waals surface area contributed by atoms with E-state index in [4.69, 9.17) is 17.2 Å². The van der Waals surface area contributed by atoms with Gasteiger partial charge in [0, 0.05) is 19.0 Å². The Morgan fingerprint density at radius 3 is 2.40 bits per heavy atom. The number of nitrogens with zero attached hydrogens (tertiary/aromatic N) is 2. The lowest BCUT2D eigenvalue weighted by molar-refractivity contribution is -0.146. The van der Waals surface area contributed by atoms with Gasteiger partial charge in [-0.05, 0) is 43.6 Å². The first kappa shape index (κ1) is 30.8. The van der Waals surface area contributed by atoms with E-state index in [-0.39, 0.29) is 37.3 Å². The molecule has 1 saturated heterocycles. The molecule has 13 nitrogen and oxygen atoms in total. The van der Waals surface area contributed by atoms with Crippen LogP contribution in [0.25, 0.3) is 0 Å². The molecule has 0 spiro atoms. The zero-order valence-electron chi connectivity index (χ0n) is 22.6. The molecule has 40 heavy (non-hydrogen) atoms. The van der Waals surface area contributed by atoms with Crippen LogP contribution in [0.2, 0.25) is 0 Å². The van der Waals surface area contributed by atoms with E-state index >= 15 is 0 Å². The third-order valence-electron chi connectivity index (χ3n) is 7.64. The van der Waals surface area contributed by atoms with Crippen molar-refractivity contribution in [1.82, 2.24) is 15.5 Å². The number of carbonyl (C=O) groups excluding carboxylic acids is 3. The highest BCUT2D eigenvalue weighted by Gasteiger charge is 2.49. The Kier molecular flexibility index (Phi) is 11.3. The molecule has 3 rings (SSSR count). The number of aliphatic hydroxyl groups is 1. The van der Waals surface area contributed by atoms with Gasteiger partial charge < -0.3 is 42.9 Å². The molecule has 1 heterocycles. The van der Waals surface area contributed by atoms with E-state index in [1.165, 1.54) is 0 Å². The maximum absolute atomic E-state index is 14.1. The van der Waals surface area contributed by atoms with Crippen molar-refractivity contribution in [2.24, 2.45) is 28.1 Å². The molecule has 1 aromatic rings. The molecule has 220 valence electrons. The number of carboxylic acids is 1. The predicted molar refractivity (Wildman–Crippen MR) is 148 cm³/mol. The Bertz CT molecular complexity index is 1060. The first-order valence-corrected chi connectivity index (χ1v) is 13.7. The van der Waals surface area contributed by atoms with Gasteiger partial charge in [0.15, 0.2) is 5.96 Å². The normalized spacial score (nSPS) is 22.4. The van der Waals surface area contributed by atoms with Gasteiger partial charge in [0.2, 0.25) is 17.7 Å². The van der Waals surface area contributed by atoms with Crippen LogP contribution in [0.1, 0.15) is 50.5 Å². The zero-order valence-corrected chi connectivity index (χ0v) is 22.6. The number of fused-ring (bicyclic) bond motifs is 1. The first-order valence-electron chi connectivity index (χ1n) is 13.7. The minimum Gasteiger partial charge on any atom is -0.480 e. The number of carboxylic acid groups (broad SMARTS) is 1. The van der Waals surface area contributed by atoms with E-state index in [0.29, 0.717) is 19.3 Å². The average Bonchev–Trinajstić information content (AvgIpc) is 3.33. The maximum Gasteiger partial charge on any atom is 0.326 e. The Balaban J connectivity index is 1.84. The summed E-state index contributed by atoms with van der Waals surface area (Å²) in [6.07, 6.45) is 4.45. The quantitative estimate of drug-likeness (QED) is 0.0875. The highest BCUT2D eigenvalue weighted by atomic mass is 16.4. The molecule has 0 radical (unpaired) electrons. The number of aliphatic carboxylic acids is 1. The summed E-state index contributed by atoms with van der Waals surface area (Å²) in [4.78, 5) is 57.6. The minimum atomic E-state index is -1.21. The highest BCUT2D eigenvalue weighted by molar-refractivity contribution is 5.95. The number of nitrogens with two attached hydrogens (primary N) is 3. The third-order valence-corrected chi connectivity index (χ3v) is 7.64. The molecule has 2 aliphatic rings. The van der Waals surface area contributed by atoms with Crippen molar-refractivity contribution in [2.45, 2.75) is 81.6 Å². The average molecular weight is 560 g/mol. The fraction of sp³-hybridized carbons (Fsp3) is 0.593. The Morgan fingerprint density at radius 2 is 1.75 bits per heavy atom. The second kappa shape index (κ2) is 14.6. The summed E-state index contributed by atoms with van der Waals surface area (Å²) >= 11 is 0. The van der Waals surface area contributed by atoms with Gasteiger partial charge in [-0.15, -0.1) is 0 Å². The van der Waals surface area contributed by atoms with Gasteiger partial charge >= 0.3 is 5.97 Å². The van der Waals surface area contributed by atoms with Crippen LogP contribution in [-0.2, 0) is 25.6 Å². The number of amides is 3. The van der Waals surface area contributed by atoms with E-state index in [1.54, 1.807) is 4.90 Å². The number of hydrogen-bond acceptors (Lipinski definition) is 7. The standard InChI is InChI=1S/C27H41N7O6/c28-18(15-35)23(36)33-20(13-16-7-2-1-3-8-16)25(38)34-21-11-5-4-9-17(21)14-22(34)24(37)32-19(26(39)40)10-6-12-31-27(29)30/h1-3,7-8,17-22,35H,4-6,9-15,28H2,(H,32,37)(H,33,36)(H,39,40)(H4,29,30,31)/t17?,18-,19-,20+,21?,22-/m0/s1. The maximum atomic E-state index is 14.1. The molecule has 6 atom stereocenters. The first-order chi connectivity index (χ1) is 19.1. The van der Waals surface area contributed by atoms with Gasteiger partial charge in [-0.3, -0.25) is 19.4 Å². The van der Waals surface area contributed by atoms with Crippen LogP contribution < -0.4 is 27.8 Å². The molecule has 3 amide bonds. The van der Waals surface area contributed by atoms with Crippen molar-refractivity contribution in [3.05, 3.63) is 35.9 Å². The third kappa shape index (κ3) is 8.15. The van der Waals surface area contributed by atoms with E-state index in [9.17, 15) is 29.4 Å². The molecule has 1 aliphatic carbocycles. The number of nitrogens with one attached hydrogen (secondary N) is 2. The van der Waals surface area contributed by atoms with Crippen molar-refractivity contribution >= 4 is 29.7 Å². The van der Waals surface area contributed by atoms with Crippen molar-refractivity contribution in [3.63, 3.8) is 0 Å². The van der Waals surface area contributed by atoms with Crippen LogP contribution in [0, 0.1) is 5.92 Å². The summed E-state index contributed by atoms with van der Waals surface area (Å²) < 4.78 is 0. The Labute approximate surface area is 233 Å². The molecule has 2 unspecified atom stereocenters. The van der Waals surface area contributed by atoms with Crippen LogP contribution in [-0.4, -0.2) is 88.1 Å². The van der Waals surface area contributed by atoms with E-state index in [0.717, 1.165) is 24.8 Å². The largest absolute Gasteiger partial charge is 0.480 e. The SMILES string of the molecule is NC(N)=NCCC[C@H](NC(=O)[C@@H]1CC2CCCCC2N1C(=O)[C@@H](Cc1ccccc1)NC(=O)[C@@H](N)CO)C(=O)O. The molecular weight excluding hydrogens is 518 g/mol. The molecule has 1 saturated carbocycles. The van der Waals surface area contributed by atoms with Crippen LogP contribution in [0.3, 0.4) is 0 Å². The molecular formula is C27H41N7O6. The molecule has 2 fully saturated rings. The number of benzene rings is 1. The lowest BCUT2D eigenvalue weighted by Crippen LogP contribution is -2.59.